The Hall–Kier alpha value is -2.79. The van der Waals surface area contributed by atoms with E-state index in [-0.39, 0.29) is 11.3 Å². The second-order valence-electron chi connectivity index (χ2n) is 4.32. The Kier molecular flexibility index (Phi) is 4.25. The van der Waals surface area contributed by atoms with E-state index in [0.29, 0.717) is 32.0 Å². The molecule has 2 N–H and O–H groups in total. The average molecular weight is 291 g/mol. The van der Waals surface area contributed by atoms with E-state index in [1.165, 1.54) is 12.1 Å². The SMILES string of the molecule is C#Cc1cc(N2CCOCC2)cc(NC(=O)O)c1[N+](=O)[O-]. The Morgan fingerprint density at radius 2 is 2.14 bits per heavy atom. The molecule has 2 rings (SSSR count). The highest BCUT2D eigenvalue weighted by Gasteiger charge is 2.24. The summed E-state index contributed by atoms with van der Waals surface area (Å²) in [6.07, 6.45) is 3.92. The minimum Gasteiger partial charge on any atom is -0.465 e. The highest BCUT2D eigenvalue weighted by atomic mass is 16.6. The van der Waals surface area contributed by atoms with E-state index in [1.54, 1.807) is 0 Å². The van der Waals surface area contributed by atoms with Crippen molar-refractivity contribution in [3.63, 3.8) is 0 Å². The molecule has 8 heteroatoms. The van der Waals surface area contributed by atoms with Crippen LogP contribution in [0.3, 0.4) is 0 Å². The van der Waals surface area contributed by atoms with Crippen molar-refractivity contribution in [3.05, 3.63) is 27.8 Å². The van der Waals surface area contributed by atoms with Gasteiger partial charge in [-0.25, -0.2) is 4.79 Å². The van der Waals surface area contributed by atoms with Gasteiger partial charge < -0.3 is 14.7 Å². The minimum atomic E-state index is -1.39. The van der Waals surface area contributed by atoms with Crippen LogP contribution in [0.5, 0.6) is 0 Å². The van der Waals surface area contributed by atoms with Gasteiger partial charge in [0.05, 0.1) is 18.1 Å². The zero-order valence-electron chi connectivity index (χ0n) is 11.0. The number of nitro groups is 1. The molecule has 1 heterocycles. The average Bonchev–Trinajstić information content (AvgIpc) is 2.46. The Morgan fingerprint density at radius 3 is 2.67 bits per heavy atom. The van der Waals surface area contributed by atoms with Crippen molar-refractivity contribution in [3.8, 4) is 12.3 Å². The third-order valence-electron chi connectivity index (χ3n) is 3.05. The van der Waals surface area contributed by atoms with Gasteiger partial charge in [0.1, 0.15) is 11.3 Å². The second kappa shape index (κ2) is 6.11. The number of anilines is 2. The maximum absolute atomic E-state index is 11.1. The first-order chi connectivity index (χ1) is 10.0. The number of nitrogens with one attached hydrogen (secondary N) is 1. The maximum atomic E-state index is 11.1. The van der Waals surface area contributed by atoms with Gasteiger partial charge in [-0.15, -0.1) is 6.42 Å². The summed E-state index contributed by atoms with van der Waals surface area (Å²) >= 11 is 0. The summed E-state index contributed by atoms with van der Waals surface area (Å²) < 4.78 is 5.23. The first-order valence-electron chi connectivity index (χ1n) is 6.14. The first kappa shape index (κ1) is 14.6. The standard InChI is InChI=1S/C13H13N3O5/c1-2-9-7-10(15-3-5-21-6-4-15)8-11(14-13(17)18)12(9)16(19)20/h1,7-8,14H,3-6H2,(H,17,18). The number of nitro benzene ring substituents is 1. The molecule has 0 aliphatic carbocycles. The van der Waals surface area contributed by atoms with E-state index in [4.69, 9.17) is 16.3 Å². The lowest BCUT2D eigenvalue weighted by molar-refractivity contribution is -0.384. The number of amides is 1. The van der Waals surface area contributed by atoms with E-state index in [0.717, 1.165) is 0 Å². The van der Waals surface area contributed by atoms with Crippen LogP contribution < -0.4 is 10.2 Å². The van der Waals surface area contributed by atoms with Crippen LogP contribution in [0.25, 0.3) is 0 Å². The molecule has 0 atom stereocenters. The third kappa shape index (κ3) is 3.21. The number of morpholine rings is 1. The van der Waals surface area contributed by atoms with Gasteiger partial charge in [-0.1, -0.05) is 5.92 Å². The van der Waals surface area contributed by atoms with Crippen molar-refractivity contribution in [2.24, 2.45) is 0 Å². The maximum Gasteiger partial charge on any atom is 0.409 e. The molecule has 21 heavy (non-hydrogen) atoms. The number of hydrogen-bond acceptors (Lipinski definition) is 5. The quantitative estimate of drug-likeness (QED) is 0.497. The molecular formula is C13H13N3O5. The summed E-state index contributed by atoms with van der Waals surface area (Å²) in [6, 6.07) is 2.93. The molecule has 1 amide bonds. The fourth-order valence-electron chi connectivity index (χ4n) is 2.14. The van der Waals surface area contributed by atoms with E-state index < -0.39 is 16.7 Å². The van der Waals surface area contributed by atoms with Crippen LogP contribution in [-0.4, -0.2) is 42.4 Å². The Bertz CT molecular complexity index is 617. The third-order valence-corrected chi connectivity index (χ3v) is 3.05. The summed E-state index contributed by atoms with van der Waals surface area (Å²) in [5.74, 6) is 2.24. The summed E-state index contributed by atoms with van der Waals surface area (Å²) in [4.78, 5) is 23.2. The molecule has 0 saturated carbocycles. The minimum absolute atomic E-state index is 0.0349. The largest absolute Gasteiger partial charge is 0.465 e. The fraction of sp³-hybridized carbons (Fsp3) is 0.308. The molecule has 0 bridgehead atoms. The Morgan fingerprint density at radius 1 is 1.48 bits per heavy atom. The highest BCUT2D eigenvalue weighted by molar-refractivity contribution is 5.89. The molecule has 0 unspecified atom stereocenters. The van der Waals surface area contributed by atoms with E-state index in [9.17, 15) is 14.9 Å². The first-order valence-corrected chi connectivity index (χ1v) is 6.14. The second-order valence-corrected chi connectivity index (χ2v) is 4.32. The monoisotopic (exact) mass is 291 g/mol. The van der Waals surface area contributed by atoms with Gasteiger partial charge in [-0.05, 0) is 12.1 Å². The van der Waals surface area contributed by atoms with Crippen LogP contribution in [0.15, 0.2) is 12.1 Å². The number of carbonyl (C=O) groups is 1. The van der Waals surface area contributed by atoms with E-state index in [2.05, 4.69) is 5.92 Å². The molecule has 1 saturated heterocycles. The van der Waals surface area contributed by atoms with Crippen LogP contribution in [0.1, 0.15) is 5.56 Å². The van der Waals surface area contributed by atoms with Crippen LogP contribution in [0, 0.1) is 22.5 Å². The molecule has 110 valence electrons. The lowest BCUT2D eigenvalue weighted by atomic mass is 10.1. The molecular weight excluding hydrogens is 278 g/mol. The zero-order chi connectivity index (χ0) is 15.4. The van der Waals surface area contributed by atoms with Crippen molar-refractivity contribution in [2.75, 3.05) is 36.5 Å². The molecule has 0 spiro atoms. The number of hydrogen-bond donors (Lipinski definition) is 2. The van der Waals surface area contributed by atoms with Crippen molar-refractivity contribution >= 4 is 23.2 Å². The van der Waals surface area contributed by atoms with Gasteiger partial charge in [0.2, 0.25) is 0 Å². The molecule has 1 fully saturated rings. The van der Waals surface area contributed by atoms with Crippen molar-refractivity contribution < 1.29 is 19.6 Å². The number of ether oxygens (including phenoxy) is 1. The lowest BCUT2D eigenvalue weighted by Gasteiger charge is -2.29. The number of carboxylic acid groups (broad SMARTS) is 1. The number of benzene rings is 1. The van der Waals surface area contributed by atoms with Gasteiger partial charge in [0.15, 0.2) is 0 Å². The molecule has 1 aliphatic heterocycles. The predicted molar refractivity (Wildman–Crippen MR) is 75.7 cm³/mol. The van der Waals surface area contributed by atoms with Gasteiger partial charge in [0.25, 0.3) is 0 Å². The van der Waals surface area contributed by atoms with Gasteiger partial charge in [-0.2, -0.15) is 0 Å². The molecule has 1 aliphatic rings. The van der Waals surface area contributed by atoms with Gasteiger partial charge >= 0.3 is 11.8 Å². The van der Waals surface area contributed by atoms with Crippen molar-refractivity contribution in [1.82, 2.24) is 0 Å². The van der Waals surface area contributed by atoms with Crippen LogP contribution in [0.2, 0.25) is 0 Å². The number of nitrogens with zero attached hydrogens (tertiary/aromatic N) is 2. The molecule has 8 nitrogen and oxygen atoms in total. The summed E-state index contributed by atoms with van der Waals surface area (Å²) in [7, 11) is 0. The Labute approximate surface area is 120 Å². The normalized spacial score (nSPS) is 14.3. The highest BCUT2D eigenvalue weighted by Crippen LogP contribution is 2.34. The van der Waals surface area contributed by atoms with Crippen LogP contribution in [0.4, 0.5) is 21.9 Å². The molecule has 0 aromatic heterocycles. The van der Waals surface area contributed by atoms with E-state index >= 15 is 0 Å². The summed E-state index contributed by atoms with van der Waals surface area (Å²) in [5.41, 5.74) is 0.106. The summed E-state index contributed by atoms with van der Waals surface area (Å²) in [5, 5.41) is 22.0. The smallest absolute Gasteiger partial charge is 0.409 e. The van der Waals surface area contributed by atoms with Crippen LogP contribution in [-0.2, 0) is 4.74 Å². The molecule has 1 aromatic rings. The van der Waals surface area contributed by atoms with E-state index in [1.807, 2.05) is 10.2 Å². The fourth-order valence-corrected chi connectivity index (χ4v) is 2.14. The number of terminal acetylenes is 1. The zero-order valence-corrected chi connectivity index (χ0v) is 11.0. The molecule has 0 radical (unpaired) electrons. The Balaban J connectivity index is 2.51. The number of rotatable bonds is 3. The van der Waals surface area contributed by atoms with Crippen molar-refractivity contribution in [2.45, 2.75) is 0 Å². The summed E-state index contributed by atoms with van der Waals surface area (Å²) in [6.45, 7) is 2.27. The lowest BCUT2D eigenvalue weighted by Crippen LogP contribution is -2.36. The topological polar surface area (TPSA) is 105 Å². The van der Waals surface area contributed by atoms with Gasteiger partial charge in [-0.3, -0.25) is 15.4 Å². The van der Waals surface area contributed by atoms with Gasteiger partial charge in [0, 0.05) is 18.8 Å². The predicted octanol–water partition coefficient (Wildman–Crippen LogP) is 1.50. The van der Waals surface area contributed by atoms with Crippen LogP contribution >= 0.6 is 0 Å². The molecule has 1 aromatic carbocycles. The van der Waals surface area contributed by atoms with Crippen molar-refractivity contribution in [1.29, 1.82) is 0 Å².